The van der Waals surface area contributed by atoms with Crippen LogP contribution in [0.15, 0.2) is 30.3 Å². The van der Waals surface area contributed by atoms with Crippen LogP contribution in [-0.2, 0) is 16.1 Å². The summed E-state index contributed by atoms with van der Waals surface area (Å²) in [5.41, 5.74) is 1.04. The summed E-state index contributed by atoms with van der Waals surface area (Å²) in [6.07, 6.45) is 0.932. The third kappa shape index (κ3) is 2.42. The van der Waals surface area contributed by atoms with E-state index in [2.05, 4.69) is 11.8 Å². The van der Waals surface area contributed by atoms with Gasteiger partial charge in [0.2, 0.25) is 0 Å². The molecule has 0 saturated carbocycles. The van der Waals surface area contributed by atoms with E-state index < -0.39 is 0 Å². The SMILES string of the molecule is CCN1CCC1C(=O)OCc1ccccc1. The number of carbonyl (C=O) groups excluding carboxylic acids is 1. The van der Waals surface area contributed by atoms with Gasteiger partial charge in [0.15, 0.2) is 0 Å². The maximum atomic E-state index is 11.7. The Hall–Kier alpha value is -1.35. The smallest absolute Gasteiger partial charge is 0.323 e. The summed E-state index contributed by atoms with van der Waals surface area (Å²) >= 11 is 0. The molecule has 1 saturated heterocycles. The molecule has 1 aliphatic rings. The number of carbonyl (C=O) groups is 1. The summed E-state index contributed by atoms with van der Waals surface area (Å²) in [5.74, 6) is -0.0862. The Labute approximate surface area is 96.0 Å². The van der Waals surface area contributed by atoms with Crippen molar-refractivity contribution in [3.05, 3.63) is 35.9 Å². The van der Waals surface area contributed by atoms with Gasteiger partial charge in [-0.1, -0.05) is 37.3 Å². The molecule has 1 fully saturated rings. The quantitative estimate of drug-likeness (QED) is 0.723. The van der Waals surface area contributed by atoms with E-state index in [4.69, 9.17) is 4.74 Å². The molecule has 0 amide bonds. The van der Waals surface area contributed by atoms with Crippen LogP contribution in [0.5, 0.6) is 0 Å². The van der Waals surface area contributed by atoms with E-state index in [1.54, 1.807) is 0 Å². The zero-order chi connectivity index (χ0) is 11.4. The molecular weight excluding hydrogens is 202 g/mol. The van der Waals surface area contributed by atoms with E-state index in [9.17, 15) is 4.79 Å². The number of hydrogen-bond donors (Lipinski definition) is 0. The standard InChI is InChI=1S/C13H17NO2/c1-2-14-9-8-12(14)13(15)16-10-11-6-4-3-5-7-11/h3-7,12H,2,8-10H2,1H3. The van der Waals surface area contributed by atoms with Crippen LogP contribution in [0.1, 0.15) is 18.9 Å². The fourth-order valence-electron chi connectivity index (χ4n) is 1.91. The van der Waals surface area contributed by atoms with Crippen molar-refractivity contribution in [1.29, 1.82) is 0 Å². The highest BCUT2D eigenvalue weighted by molar-refractivity contribution is 5.76. The van der Waals surface area contributed by atoms with Crippen LogP contribution < -0.4 is 0 Å². The van der Waals surface area contributed by atoms with Gasteiger partial charge >= 0.3 is 5.97 Å². The van der Waals surface area contributed by atoms with Gasteiger partial charge in [0.25, 0.3) is 0 Å². The van der Waals surface area contributed by atoms with Gasteiger partial charge in [-0.25, -0.2) is 0 Å². The molecule has 2 rings (SSSR count). The normalized spacial score (nSPS) is 20.2. The molecule has 0 aliphatic carbocycles. The van der Waals surface area contributed by atoms with E-state index >= 15 is 0 Å². The molecule has 1 atom stereocenters. The van der Waals surface area contributed by atoms with Crippen molar-refractivity contribution in [2.75, 3.05) is 13.1 Å². The second-order valence-electron chi connectivity index (χ2n) is 4.03. The first kappa shape index (κ1) is 11.1. The molecule has 0 bridgehead atoms. The van der Waals surface area contributed by atoms with E-state index in [0.29, 0.717) is 6.61 Å². The number of ether oxygens (including phenoxy) is 1. The Kier molecular flexibility index (Phi) is 3.57. The summed E-state index contributed by atoms with van der Waals surface area (Å²) in [6.45, 7) is 4.39. The number of esters is 1. The lowest BCUT2D eigenvalue weighted by molar-refractivity contribution is -0.156. The average molecular weight is 219 g/mol. The van der Waals surface area contributed by atoms with Crippen molar-refractivity contribution in [3.63, 3.8) is 0 Å². The number of hydrogen-bond acceptors (Lipinski definition) is 3. The molecule has 0 N–H and O–H groups in total. The molecule has 1 aromatic rings. The van der Waals surface area contributed by atoms with Crippen LogP contribution in [0.2, 0.25) is 0 Å². The molecule has 3 nitrogen and oxygen atoms in total. The Morgan fingerprint density at radius 3 is 2.75 bits per heavy atom. The topological polar surface area (TPSA) is 29.5 Å². The Bertz CT molecular complexity index is 348. The maximum Gasteiger partial charge on any atom is 0.323 e. The van der Waals surface area contributed by atoms with Gasteiger partial charge in [-0.15, -0.1) is 0 Å². The zero-order valence-corrected chi connectivity index (χ0v) is 9.56. The summed E-state index contributed by atoms with van der Waals surface area (Å²) in [7, 11) is 0. The van der Waals surface area contributed by atoms with E-state index in [-0.39, 0.29) is 12.0 Å². The Morgan fingerprint density at radius 1 is 1.44 bits per heavy atom. The molecule has 86 valence electrons. The fraction of sp³-hybridized carbons (Fsp3) is 0.462. The number of rotatable bonds is 4. The van der Waals surface area contributed by atoms with Crippen LogP contribution in [0.3, 0.4) is 0 Å². The summed E-state index contributed by atoms with van der Waals surface area (Å²) < 4.78 is 5.28. The lowest BCUT2D eigenvalue weighted by Gasteiger charge is -2.37. The Morgan fingerprint density at radius 2 is 2.19 bits per heavy atom. The molecule has 1 unspecified atom stereocenters. The number of benzene rings is 1. The van der Waals surface area contributed by atoms with E-state index in [0.717, 1.165) is 25.1 Å². The van der Waals surface area contributed by atoms with Crippen LogP contribution in [0.4, 0.5) is 0 Å². The van der Waals surface area contributed by atoms with Crippen molar-refractivity contribution in [2.45, 2.75) is 26.0 Å². The van der Waals surface area contributed by atoms with Gasteiger partial charge < -0.3 is 4.74 Å². The van der Waals surface area contributed by atoms with E-state index in [1.807, 2.05) is 30.3 Å². The van der Waals surface area contributed by atoms with Crippen LogP contribution in [-0.4, -0.2) is 30.0 Å². The second-order valence-corrected chi connectivity index (χ2v) is 4.03. The predicted molar refractivity (Wildman–Crippen MR) is 61.9 cm³/mol. The van der Waals surface area contributed by atoms with Crippen molar-refractivity contribution in [3.8, 4) is 0 Å². The highest BCUT2D eigenvalue weighted by Gasteiger charge is 2.33. The molecule has 3 heteroatoms. The van der Waals surface area contributed by atoms with Gasteiger partial charge in [-0.05, 0) is 18.5 Å². The lowest BCUT2D eigenvalue weighted by Crippen LogP contribution is -2.52. The largest absolute Gasteiger partial charge is 0.460 e. The second kappa shape index (κ2) is 5.12. The fourth-order valence-corrected chi connectivity index (χ4v) is 1.91. The summed E-state index contributed by atoms with van der Waals surface area (Å²) in [6, 6.07) is 9.78. The third-order valence-corrected chi connectivity index (χ3v) is 3.03. The number of nitrogens with zero attached hydrogens (tertiary/aromatic N) is 1. The zero-order valence-electron chi connectivity index (χ0n) is 9.56. The maximum absolute atomic E-state index is 11.7. The summed E-state index contributed by atoms with van der Waals surface area (Å²) in [4.78, 5) is 13.8. The van der Waals surface area contributed by atoms with Crippen molar-refractivity contribution >= 4 is 5.97 Å². The minimum atomic E-state index is -0.0862. The average Bonchev–Trinajstić information content (AvgIpc) is 2.27. The number of likely N-dealkylation sites (tertiary alicyclic amines) is 1. The van der Waals surface area contributed by atoms with Crippen molar-refractivity contribution in [1.82, 2.24) is 4.90 Å². The number of likely N-dealkylation sites (N-methyl/N-ethyl adjacent to an activating group) is 1. The van der Waals surface area contributed by atoms with Gasteiger partial charge in [0.1, 0.15) is 12.6 Å². The molecule has 16 heavy (non-hydrogen) atoms. The van der Waals surface area contributed by atoms with Crippen LogP contribution in [0.25, 0.3) is 0 Å². The highest BCUT2D eigenvalue weighted by Crippen LogP contribution is 2.18. The van der Waals surface area contributed by atoms with Crippen LogP contribution >= 0.6 is 0 Å². The van der Waals surface area contributed by atoms with Crippen molar-refractivity contribution in [2.24, 2.45) is 0 Å². The van der Waals surface area contributed by atoms with Gasteiger partial charge in [-0.2, -0.15) is 0 Å². The first-order chi connectivity index (χ1) is 7.81. The molecule has 1 aromatic carbocycles. The third-order valence-electron chi connectivity index (χ3n) is 3.03. The highest BCUT2D eigenvalue weighted by atomic mass is 16.5. The first-order valence-electron chi connectivity index (χ1n) is 5.76. The molecule has 0 radical (unpaired) electrons. The van der Waals surface area contributed by atoms with E-state index in [1.165, 1.54) is 0 Å². The lowest BCUT2D eigenvalue weighted by atomic mass is 10.0. The van der Waals surface area contributed by atoms with Gasteiger partial charge in [0.05, 0.1) is 0 Å². The van der Waals surface area contributed by atoms with Gasteiger partial charge in [0, 0.05) is 6.54 Å². The monoisotopic (exact) mass is 219 g/mol. The molecule has 1 heterocycles. The molecule has 1 aliphatic heterocycles. The summed E-state index contributed by atoms with van der Waals surface area (Å²) in [5, 5.41) is 0. The minimum Gasteiger partial charge on any atom is -0.460 e. The first-order valence-corrected chi connectivity index (χ1v) is 5.76. The molecule has 0 spiro atoms. The van der Waals surface area contributed by atoms with Crippen molar-refractivity contribution < 1.29 is 9.53 Å². The van der Waals surface area contributed by atoms with Crippen LogP contribution in [0, 0.1) is 0 Å². The molecular formula is C13H17NO2. The molecule has 0 aromatic heterocycles. The Balaban J connectivity index is 1.80. The predicted octanol–water partition coefficient (Wildman–Crippen LogP) is 1.82. The minimum absolute atomic E-state index is 0.00582. The van der Waals surface area contributed by atoms with Gasteiger partial charge in [-0.3, -0.25) is 9.69 Å².